The second kappa shape index (κ2) is 9.68. The van der Waals surface area contributed by atoms with Gasteiger partial charge in [-0.3, -0.25) is 0 Å². The smallest absolute Gasteiger partial charge is 0.319 e. The van der Waals surface area contributed by atoms with Gasteiger partial charge in [0.1, 0.15) is 28.7 Å². The Morgan fingerprint density at radius 3 is 2.77 bits per heavy atom. The van der Waals surface area contributed by atoms with E-state index in [1.807, 2.05) is 6.07 Å². The van der Waals surface area contributed by atoms with E-state index in [4.69, 9.17) is 29.9 Å². The van der Waals surface area contributed by atoms with Crippen molar-refractivity contribution in [1.82, 2.24) is 30.3 Å². The minimum absolute atomic E-state index is 0.117. The molecule has 0 bridgehead atoms. The SMILES string of the molecule is CN1CCC2(CC(Oc3nc(-c4noc([C@@]5(C)CCCc6sc(N)c(C#N)c65)n4)cc(N4CCNCC4)n3)C2)C1. The number of nitrogen functional groups attached to an aromatic ring is 1. The number of nitrogens with zero attached hydrogens (tertiary/aromatic N) is 7. The van der Waals surface area contributed by atoms with E-state index in [0.717, 1.165) is 87.6 Å². The minimum atomic E-state index is -0.583. The van der Waals surface area contributed by atoms with Crippen LogP contribution in [0.15, 0.2) is 10.6 Å². The number of aryl methyl sites for hydroxylation is 1. The zero-order valence-corrected chi connectivity index (χ0v) is 23.9. The van der Waals surface area contributed by atoms with Gasteiger partial charge in [-0.2, -0.15) is 20.2 Å². The van der Waals surface area contributed by atoms with Gasteiger partial charge in [0, 0.05) is 49.2 Å². The lowest BCUT2D eigenvalue weighted by molar-refractivity contribution is -0.0118. The van der Waals surface area contributed by atoms with Crippen LogP contribution in [0.25, 0.3) is 11.5 Å². The number of hydrogen-bond donors (Lipinski definition) is 2. The zero-order valence-electron chi connectivity index (χ0n) is 23.1. The summed E-state index contributed by atoms with van der Waals surface area (Å²) in [7, 11) is 2.19. The molecule has 3 N–H and O–H groups in total. The van der Waals surface area contributed by atoms with Gasteiger partial charge in [0.25, 0.3) is 0 Å². The van der Waals surface area contributed by atoms with Gasteiger partial charge in [0.2, 0.25) is 11.7 Å². The number of aromatic nitrogens is 4. The Bertz CT molecular complexity index is 1470. The molecule has 1 atom stereocenters. The number of thiophene rings is 1. The quantitative estimate of drug-likeness (QED) is 0.475. The summed E-state index contributed by atoms with van der Waals surface area (Å²) in [4.78, 5) is 20.2. The lowest BCUT2D eigenvalue weighted by Crippen LogP contribution is -2.46. The molecule has 3 fully saturated rings. The largest absolute Gasteiger partial charge is 0.460 e. The molecule has 2 aliphatic carbocycles. The fraction of sp³-hybridized carbons (Fsp3) is 0.607. The zero-order chi connectivity index (χ0) is 27.5. The lowest BCUT2D eigenvalue weighted by Gasteiger charge is -2.44. The summed E-state index contributed by atoms with van der Waals surface area (Å²) in [5, 5.41) is 18.2. The van der Waals surface area contributed by atoms with Crippen molar-refractivity contribution >= 4 is 22.2 Å². The van der Waals surface area contributed by atoms with Crippen LogP contribution in [0.3, 0.4) is 0 Å². The topological polar surface area (TPSA) is 142 Å². The molecule has 0 amide bonds. The number of ether oxygens (including phenoxy) is 1. The van der Waals surface area contributed by atoms with Crippen molar-refractivity contribution in [2.75, 3.05) is 56.9 Å². The molecular formula is C28H35N9O2S. The van der Waals surface area contributed by atoms with Gasteiger partial charge < -0.3 is 30.1 Å². The molecule has 2 saturated heterocycles. The first-order valence-electron chi connectivity index (χ1n) is 14.2. The first-order chi connectivity index (χ1) is 19.4. The Hall–Kier alpha value is -3.27. The highest BCUT2D eigenvalue weighted by atomic mass is 32.1. The number of nitrogens with two attached hydrogens (primary N) is 1. The molecule has 210 valence electrons. The van der Waals surface area contributed by atoms with Crippen LogP contribution in [0.2, 0.25) is 0 Å². The van der Waals surface area contributed by atoms with Crippen LogP contribution in [0, 0.1) is 16.7 Å². The van der Waals surface area contributed by atoms with Crippen molar-refractivity contribution in [2.24, 2.45) is 5.41 Å². The summed E-state index contributed by atoms with van der Waals surface area (Å²) in [6, 6.07) is 4.61. The third-order valence-electron chi connectivity index (χ3n) is 9.24. The van der Waals surface area contributed by atoms with Crippen molar-refractivity contribution in [2.45, 2.75) is 57.0 Å². The summed E-state index contributed by atoms with van der Waals surface area (Å²) in [6.07, 6.45) is 6.08. The molecule has 3 aromatic heterocycles. The molecule has 7 rings (SSSR count). The van der Waals surface area contributed by atoms with Crippen molar-refractivity contribution in [3.8, 4) is 23.6 Å². The maximum absolute atomic E-state index is 9.86. The number of anilines is 2. The second-order valence-electron chi connectivity index (χ2n) is 12.1. The Labute approximate surface area is 237 Å². The monoisotopic (exact) mass is 561 g/mol. The number of piperazine rings is 1. The molecule has 0 unspecified atom stereocenters. The lowest BCUT2D eigenvalue weighted by atomic mass is 9.66. The number of hydrogen-bond acceptors (Lipinski definition) is 12. The molecule has 4 aliphatic rings. The first kappa shape index (κ1) is 25.7. The maximum atomic E-state index is 9.86. The average Bonchev–Trinajstić information content (AvgIpc) is 3.66. The minimum Gasteiger partial charge on any atom is -0.460 e. The molecule has 2 aliphatic heterocycles. The van der Waals surface area contributed by atoms with Crippen LogP contribution in [-0.4, -0.2) is 77.4 Å². The fourth-order valence-electron chi connectivity index (χ4n) is 7.13. The maximum Gasteiger partial charge on any atom is 0.319 e. The molecule has 3 aromatic rings. The number of rotatable bonds is 5. The first-order valence-corrected chi connectivity index (χ1v) is 15.0. The summed E-state index contributed by atoms with van der Waals surface area (Å²) in [6.45, 7) is 7.85. The predicted molar refractivity (Wildman–Crippen MR) is 151 cm³/mol. The predicted octanol–water partition coefficient (Wildman–Crippen LogP) is 2.96. The second-order valence-corrected chi connectivity index (χ2v) is 13.3. The van der Waals surface area contributed by atoms with Crippen molar-refractivity contribution in [1.29, 1.82) is 5.26 Å². The highest BCUT2D eigenvalue weighted by Gasteiger charge is 2.49. The third-order valence-corrected chi connectivity index (χ3v) is 10.3. The molecule has 0 radical (unpaired) electrons. The van der Waals surface area contributed by atoms with Gasteiger partial charge in [0.15, 0.2) is 0 Å². The van der Waals surface area contributed by atoms with Crippen LogP contribution < -0.4 is 20.7 Å². The molecule has 40 heavy (non-hydrogen) atoms. The number of likely N-dealkylation sites (tertiary alicyclic amines) is 1. The van der Waals surface area contributed by atoms with Gasteiger partial charge in [0.05, 0.1) is 11.0 Å². The van der Waals surface area contributed by atoms with Gasteiger partial charge in [-0.1, -0.05) is 5.16 Å². The summed E-state index contributed by atoms with van der Waals surface area (Å²) in [5.74, 6) is 1.69. The van der Waals surface area contributed by atoms with Crippen LogP contribution in [0.1, 0.15) is 60.9 Å². The Morgan fingerprint density at radius 1 is 1.20 bits per heavy atom. The Balaban J connectivity index is 1.20. The van der Waals surface area contributed by atoms with E-state index in [2.05, 4.69) is 40.3 Å². The number of nitrogens with one attached hydrogen (secondary N) is 1. The highest BCUT2D eigenvalue weighted by molar-refractivity contribution is 7.16. The van der Waals surface area contributed by atoms with Gasteiger partial charge >= 0.3 is 6.01 Å². The summed E-state index contributed by atoms with van der Waals surface area (Å²) in [5.41, 5.74) is 8.06. The molecule has 5 heterocycles. The molecule has 1 spiro atoms. The fourth-order valence-corrected chi connectivity index (χ4v) is 8.32. The molecule has 1 saturated carbocycles. The molecular weight excluding hydrogens is 526 g/mol. The molecule has 12 heteroatoms. The normalized spacial score (nSPS) is 28.3. The van der Waals surface area contributed by atoms with E-state index in [9.17, 15) is 5.26 Å². The summed E-state index contributed by atoms with van der Waals surface area (Å²) >= 11 is 1.50. The van der Waals surface area contributed by atoms with Crippen molar-refractivity contribution in [3.05, 3.63) is 28.0 Å². The van der Waals surface area contributed by atoms with Crippen molar-refractivity contribution < 1.29 is 9.26 Å². The van der Waals surface area contributed by atoms with E-state index >= 15 is 0 Å². The van der Waals surface area contributed by atoms with Crippen LogP contribution in [-0.2, 0) is 11.8 Å². The summed E-state index contributed by atoms with van der Waals surface area (Å²) < 4.78 is 12.3. The molecule has 11 nitrogen and oxygen atoms in total. The Kier molecular flexibility index (Phi) is 6.21. The van der Waals surface area contributed by atoms with Gasteiger partial charge in [-0.15, -0.1) is 11.3 Å². The third kappa shape index (κ3) is 4.31. The van der Waals surface area contributed by atoms with Crippen molar-refractivity contribution in [3.63, 3.8) is 0 Å². The Morgan fingerprint density at radius 2 is 2.02 bits per heavy atom. The van der Waals surface area contributed by atoms with E-state index in [-0.39, 0.29) is 6.10 Å². The van der Waals surface area contributed by atoms with Crippen LogP contribution in [0.5, 0.6) is 6.01 Å². The average molecular weight is 562 g/mol. The highest BCUT2D eigenvalue weighted by Crippen LogP contribution is 2.50. The standard InChI is InChI=1S/C28H35N9O2S/c1-27(5-3-4-20-22(27)18(15-29)23(30)40-20)25-34-24(35-39-25)19-12-21(37-10-7-31-8-11-37)33-26(32-19)38-17-13-28(14-17)6-9-36(2)16-28/h12,17,31H,3-11,13-14,16,30H2,1-2H3/t17?,27-,28?/m0/s1. The van der Waals surface area contributed by atoms with Crippen LogP contribution in [0.4, 0.5) is 10.8 Å². The van der Waals surface area contributed by atoms with Gasteiger partial charge in [-0.25, -0.2) is 0 Å². The van der Waals surface area contributed by atoms with Crippen LogP contribution >= 0.6 is 11.3 Å². The number of fused-ring (bicyclic) bond motifs is 1. The van der Waals surface area contributed by atoms with E-state index in [1.165, 1.54) is 17.8 Å². The van der Waals surface area contributed by atoms with E-state index < -0.39 is 5.41 Å². The van der Waals surface area contributed by atoms with E-state index in [0.29, 0.717) is 39.4 Å². The van der Waals surface area contributed by atoms with E-state index in [1.54, 1.807) is 0 Å². The van der Waals surface area contributed by atoms with Gasteiger partial charge in [-0.05, 0) is 64.5 Å². The molecule has 0 aromatic carbocycles. The number of nitriles is 1.